The molecule has 0 atom stereocenters. The van der Waals surface area contributed by atoms with Crippen molar-refractivity contribution in [2.24, 2.45) is 0 Å². The lowest BCUT2D eigenvalue weighted by Gasteiger charge is -1.98. The normalized spacial score (nSPS) is 10.9. The minimum absolute atomic E-state index is 0.0419. The Kier molecular flexibility index (Phi) is 3.57. The van der Waals surface area contributed by atoms with Crippen molar-refractivity contribution < 1.29 is 9.21 Å². The van der Waals surface area contributed by atoms with Crippen molar-refractivity contribution in [3.63, 3.8) is 0 Å². The molecule has 0 aliphatic carbocycles. The monoisotopic (exact) mass is 303 g/mol. The molecular formula is C14H13N3O3S. The lowest BCUT2D eigenvalue weighted by Crippen LogP contribution is -2.22. The Labute approximate surface area is 123 Å². The molecule has 2 heterocycles. The summed E-state index contributed by atoms with van der Waals surface area (Å²) in [5.41, 5.74) is 2.92. The molecule has 7 heteroatoms. The zero-order chi connectivity index (χ0) is 14.8. The van der Waals surface area contributed by atoms with Crippen LogP contribution >= 0.6 is 11.3 Å². The minimum atomic E-state index is -0.462. The number of amides is 1. The number of carbonyl (C=O) groups excluding carboxylic acids is 1. The molecule has 21 heavy (non-hydrogen) atoms. The number of oxazole rings is 1. The van der Waals surface area contributed by atoms with Gasteiger partial charge in [-0.3, -0.25) is 9.78 Å². The van der Waals surface area contributed by atoms with Crippen molar-refractivity contribution in [2.45, 2.75) is 13.3 Å². The van der Waals surface area contributed by atoms with Crippen molar-refractivity contribution in [1.29, 1.82) is 0 Å². The molecule has 0 saturated carbocycles. The summed E-state index contributed by atoms with van der Waals surface area (Å²) in [6, 6.07) is 5.48. The van der Waals surface area contributed by atoms with E-state index >= 15 is 0 Å². The predicted molar refractivity (Wildman–Crippen MR) is 80.3 cm³/mol. The van der Waals surface area contributed by atoms with E-state index in [-0.39, 0.29) is 5.91 Å². The highest BCUT2D eigenvalue weighted by Gasteiger charge is 2.08. The van der Waals surface area contributed by atoms with Gasteiger partial charge < -0.3 is 9.73 Å². The van der Waals surface area contributed by atoms with Crippen molar-refractivity contribution >= 4 is 28.3 Å². The third-order valence-corrected chi connectivity index (χ3v) is 3.89. The maximum Gasteiger partial charge on any atom is 0.417 e. The van der Waals surface area contributed by atoms with E-state index < -0.39 is 5.76 Å². The lowest BCUT2D eigenvalue weighted by atomic mass is 10.1. The van der Waals surface area contributed by atoms with Crippen LogP contribution in [-0.4, -0.2) is 22.4 Å². The number of thiazole rings is 1. The SMILES string of the molecule is CC(=O)NCCc1nc(-c2ccc3[nH]c(=O)oc3c2)cs1. The van der Waals surface area contributed by atoms with Crippen LogP contribution < -0.4 is 11.1 Å². The Morgan fingerprint density at radius 2 is 2.33 bits per heavy atom. The number of nitrogens with one attached hydrogen (secondary N) is 2. The number of carbonyl (C=O) groups is 1. The first-order valence-corrected chi connectivity index (χ1v) is 7.32. The third kappa shape index (κ3) is 3.03. The first-order chi connectivity index (χ1) is 10.1. The number of aromatic amines is 1. The number of rotatable bonds is 4. The summed E-state index contributed by atoms with van der Waals surface area (Å²) < 4.78 is 5.05. The first kappa shape index (κ1) is 13.6. The van der Waals surface area contributed by atoms with Gasteiger partial charge in [-0.15, -0.1) is 11.3 Å². The van der Waals surface area contributed by atoms with Gasteiger partial charge in [0.15, 0.2) is 5.58 Å². The van der Waals surface area contributed by atoms with E-state index in [1.54, 1.807) is 23.5 Å². The lowest BCUT2D eigenvalue weighted by molar-refractivity contribution is -0.118. The summed E-state index contributed by atoms with van der Waals surface area (Å²) in [5, 5.41) is 5.65. The summed E-state index contributed by atoms with van der Waals surface area (Å²) in [5.74, 6) is -0.504. The molecule has 0 unspecified atom stereocenters. The average molecular weight is 303 g/mol. The summed E-state index contributed by atoms with van der Waals surface area (Å²) in [6.07, 6.45) is 0.700. The van der Waals surface area contributed by atoms with E-state index in [9.17, 15) is 9.59 Å². The summed E-state index contributed by atoms with van der Waals surface area (Å²) in [4.78, 5) is 29.1. The Balaban J connectivity index is 1.80. The number of hydrogen-bond donors (Lipinski definition) is 2. The van der Waals surface area contributed by atoms with Gasteiger partial charge in [-0.25, -0.2) is 9.78 Å². The Morgan fingerprint density at radius 3 is 3.14 bits per heavy atom. The van der Waals surface area contributed by atoms with Crippen LogP contribution in [0.25, 0.3) is 22.4 Å². The number of aromatic nitrogens is 2. The second-order valence-corrected chi connectivity index (χ2v) is 5.53. The highest BCUT2D eigenvalue weighted by molar-refractivity contribution is 7.09. The van der Waals surface area contributed by atoms with Crippen LogP contribution in [0.15, 0.2) is 32.8 Å². The number of fused-ring (bicyclic) bond motifs is 1. The molecule has 0 radical (unpaired) electrons. The number of hydrogen-bond acceptors (Lipinski definition) is 5. The average Bonchev–Trinajstić information content (AvgIpc) is 3.02. The molecule has 0 aliphatic heterocycles. The van der Waals surface area contributed by atoms with Crippen LogP contribution in [0.2, 0.25) is 0 Å². The molecule has 1 aromatic carbocycles. The van der Waals surface area contributed by atoms with Crippen LogP contribution in [0.1, 0.15) is 11.9 Å². The highest BCUT2D eigenvalue weighted by Crippen LogP contribution is 2.24. The molecule has 3 aromatic rings. The van der Waals surface area contributed by atoms with Crippen molar-refractivity contribution in [2.75, 3.05) is 6.54 Å². The van der Waals surface area contributed by atoms with Gasteiger partial charge >= 0.3 is 5.76 Å². The molecule has 3 rings (SSSR count). The fourth-order valence-electron chi connectivity index (χ4n) is 2.01. The topological polar surface area (TPSA) is 88.0 Å². The highest BCUT2D eigenvalue weighted by atomic mass is 32.1. The standard InChI is InChI=1S/C14H13N3O3S/c1-8(18)15-5-4-13-16-11(7-21-13)9-2-3-10-12(6-9)20-14(19)17-10/h2-3,6-7H,4-5H2,1H3,(H,15,18)(H,17,19). The van der Waals surface area contributed by atoms with Gasteiger partial charge in [-0.2, -0.15) is 0 Å². The van der Waals surface area contributed by atoms with Gasteiger partial charge in [0.2, 0.25) is 5.91 Å². The smallest absolute Gasteiger partial charge is 0.408 e. The maximum absolute atomic E-state index is 11.1. The van der Waals surface area contributed by atoms with Crippen LogP contribution in [0.4, 0.5) is 0 Å². The Bertz CT molecular complexity index is 846. The van der Waals surface area contributed by atoms with E-state index in [0.29, 0.717) is 24.1 Å². The van der Waals surface area contributed by atoms with Crippen LogP contribution in [0, 0.1) is 0 Å². The molecule has 0 fully saturated rings. The second kappa shape index (κ2) is 5.53. The molecule has 0 spiro atoms. The van der Waals surface area contributed by atoms with Crippen molar-refractivity contribution in [1.82, 2.24) is 15.3 Å². The van der Waals surface area contributed by atoms with E-state index in [4.69, 9.17) is 4.42 Å². The zero-order valence-electron chi connectivity index (χ0n) is 11.3. The Hall–Kier alpha value is -2.41. The molecule has 0 aliphatic rings. The Morgan fingerprint density at radius 1 is 1.48 bits per heavy atom. The van der Waals surface area contributed by atoms with E-state index in [2.05, 4.69) is 15.3 Å². The predicted octanol–water partition coefficient (Wildman–Crippen LogP) is 1.92. The molecule has 1 amide bonds. The summed E-state index contributed by atoms with van der Waals surface area (Å²) in [6.45, 7) is 2.07. The fraction of sp³-hybridized carbons (Fsp3) is 0.214. The molecule has 2 N–H and O–H groups in total. The van der Waals surface area contributed by atoms with E-state index in [1.165, 1.54) is 6.92 Å². The van der Waals surface area contributed by atoms with Gasteiger partial charge in [0.25, 0.3) is 0 Å². The van der Waals surface area contributed by atoms with Crippen molar-refractivity contribution in [3.8, 4) is 11.3 Å². The van der Waals surface area contributed by atoms with Crippen LogP contribution in [0.5, 0.6) is 0 Å². The second-order valence-electron chi connectivity index (χ2n) is 4.58. The number of H-pyrrole nitrogens is 1. The van der Waals surface area contributed by atoms with Gasteiger partial charge in [0.05, 0.1) is 16.2 Å². The van der Waals surface area contributed by atoms with Gasteiger partial charge in [0.1, 0.15) is 0 Å². The van der Waals surface area contributed by atoms with Crippen LogP contribution in [0.3, 0.4) is 0 Å². The minimum Gasteiger partial charge on any atom is -0.408 e. The summed E-state index contributed by atoms with van der Waals surface area (Å²) in [7, 11) is 0. The molecule has 6 nitrogen and oxygen atoms in total. The van der Waals surface area contributed by atoms with Gasteiger partial charge in [-0.1, -0.05) is 6.07 Å². The zero-order valence-corrected chi connectivity index (χ0v) is 12.1. The van der Waals surface area contributed by atoms with Gasteiger partial charge in [0, 0.05) is 30.8 Å². The number of benzene rings is 1. The molecule has 0 bridgehead atoms. The van der Waals surface area contributed by atoms with E-state index in [1.807, 2.05) is 11.4 Å². The first-order valence-electron chi connectivity index (χ1n) is 6.44. The quantitative estimate of drug-likeness (QED) is 0.771. The molecule has 2 aromatic heterocycles. The van der Waals surface area contributed by atoms with E-state index in [0.717, 1.165) is 16.3 Å². The van der Waals surface area contributed by atoms with Crippen LogP contribution in [-0.2, 0) is 11.2 Å². The van der Waals surface area contributed by atoms with Crippen molar-refractivity contribution in [3.05, 3.63) is 39.1 Å². The molecule has 0 saturated heterocycles. The third-order valence-electron chi connectivity index (χ3n) is 2.98. The largest absolute Gasteiger partial charge is 0.417 e. The summed E-state index contributed by atoms with van der Waals surface area (Å²) >= 11 is 1.54. The fourth-order valence-corrected chi connectivity index (χ4v) is 2.82. The molecule has 108 valence electrons. The molecular weight excluding hydrogens is 290 g/mol. The number of nitrogens with zero attached hydrogens (tertiary/aromatic N) is 1. The van der Waals surface area contributed by atoms with Gasteiger partial charge in [-0.05, 0) is 12.1 Å². The maximum atomic E-state index is 11.1.